The van der Waals surface area contributed by atoms with Crippen molar-refractivity contribution in [2.24, 2.45) is 0 Å². The van der Waals surface area contributed by atoms with Crippen LogP contribution in [0.25, 0.3) is 0 Å². The molecule has 0 aromatic heterocycles. The zero-order valence-electron chi connectivity index (χ0n) is 9.56. The normalized spacial score (nSPS) is 11.6. The minimum atomic E-state index is -0.701. The van der Waals surface area contributed by atoms with E-state index in [9.17, 15) is 9.50 Å². The third kappa shape index (κ3) is 3.46. The number of rotatable bonds is 5. The molecule has 90 valence electrons. The summed E-state index contributed by atoms with van der Waals surface area (Å²) in [5.41, 5.74) is 0.0927. The molecule has 2 nitrogen and oxygen atoms in total. The quantitative estimate of drug-likeness (QED) is 0.869. The first-order valence-electron chi connectivity index (χ1n) is 5.42. The molecule has 0 radical (unpaired) electrons. The van der Waals surface area contributed by atoms with E-state index in [4.69, 9.17) is 0 Å². The molecule has 0 aliphatic rings. The average molecular weight is 290 g/mol. The molecule has 1 rings (SSSR count). The van der Waals surface area contributed by atoms with Gasteiger partial charge < -0.3 is 10.4 Å². The molecule has 1 aromatic rings. The van der Waals surface area contributed by atoms with Gasteiger partial charge in [0.15, 0.2) is 0 Å². The maximum atomic E-state index is 12.8. The zero-order valence-corrected chi connectivity index (χ0v) is 11.1. The molecule has 0 saturated heterocycles. The topological polar surface area (TPSA) is 32.3 Å². The van der Waals surface area contributed by atoms with Crippen LogP contribution in [0.3, 0.4) is 0 Å². The summed E-state index contributed by atoms with van der Waals surface area (Å²) in [4.78, 5) is 0. The van der Waals surface area contributed by atoms with Crippen molar-refractivity contribution in [3.8, 4) is 0 Å². The first-order chi connectivity index (χ1) is 7.50. The maximum Gasteiger partial charge on any atom is 0.124 e. The molecule has 0 amide bonds. The number of hydrogen-bond donors (Lipinski definition) is 2. The molecule has 4 heteroatoms. The van der Waals surface area contributed by atoms with Crippen LogP contribution in [0.2, 0.25) is 0 Å². The monoisotopic (exact) mass is 289 g/mol. The lowest BCUT2D eigenvalue weighted by Crippen LogP contribution is -2.35. The van der Waals surface area contributed by atoms with E-state index in [-0.39, 0.29) is 5.82 Å². The van der Waals surface area contributed by atoms with Gasteiger partial charge in [0.05, 0.1) is 5.60 Å². The maximum absolute atomic E-state index is 12.8. The SMILES string of the molecule is CCC(O)(CC)CNc1ccc(F)cc1Br. The molecule has 16 heavy (non-hydrogen) atoms. The van der Waals surface area contributed by atoms with Crippen LogP contribution >= 0.6 is 15.9 Å². The van der Waals surface area contributed by atoms with E-state index in [0.29, 0.717) is 23.9 Å². The Morgan fingerprint density at radius 1 is 1.38 bits per heavy atom. The second-order valence-corrected chi connectivity index (χ2v) is 4.76. The molecule has 0 spiro atoms. The Morgan fingerprint density at radius 2 is 2.00 bits per heavy atom. The summed E-state index contributed by atoms with van der Waals surface area (Å²) >= 11 is 3.27. The summed E-state index contributed by atoms with van der Waals surface area (Å²) in [6.45, 7) is 4.36. The Hall–Kier alpha value is -0.610. The van der Waals surface area contributed by atoms with E-state index >= 15 is 0 Å². The highest BCUT2D eigenvalue weighted by Crippen LogP contribution is 2.24. The summed E-state index contributed by atoms with van der Waals surface area (Å²) < 4.78 is 13.5. The van der Waals surface area contributed by atoms with Crippen molar-refractivity contribution >= 4 is 21.6 Å². The summed E-state index contributed by atoms with van der Waals surface area (Å²) in [7, 11) is 0. The Morgan fingerprint density at radius 3 is 2.50 bits per heavy atom. The lowest BCUT2D eigenvalue weighted by molar-refractivity contribution is 0.0457. The molecule has 2 N–H and O–H groups in total. The molecule has 0 heterocycles. The van der Waals surface area contributed by atoms with E-state index in [2.05, 4.69) is 21.2 Å². The van der Waals surface area contributed by atoms with Crippen molar-refractivity contribution in [2.75, 3.05) is 11.9 Å². The van der Waals surface area contributed by atoms with Crippen molar-refractivity contribution in [2.45, 2.75) is 32.3 Å². The second kappa shape index (κ2) is 5.64. The third-order valence-electron chi connectivity index (χ3n) is 2.86. The molecule has 0 fully saturated rings. The highest BCUT2D eigenvalue weighted by molar-refractivity contribution is 9.10. The van der Waals surface area contributed by atoms with Gasteiger partial charge in [0, 0.05) is 16.7 Å². The van der Waals surface area contributed by atoms with E-state index in [1.165, 1.54) is 12.1 Å². The van der Waals surface area contributed by atoms with Crippen LogP contribution in [0.5, 0.6) is 0 Å². The standard InChI is InChI=1S/C12H17BrFNO/c1-3-12(16,4-2)8-15-11-6-5-9(14)7-10(11)13/h5-7,15-16H,3-4,8H2,1-2H3. The fourth-order valence-electron chi connectivity index (χ4n) is 1.39. The summed E-state index contributed by atoms with van der Waals surface area (Å²) in [5.74, 6) is -0.279. The molecular weight excluding hydrogens is 273 g/mol. The van der Waals surface area contributed by atoms with E-state index in [1.807, 2.05) is 13.8 Å². The van der Waals surface area contributed by atoms with Gasteiger partial charge in [-0.3, -0.25) is 0 Å². The van der Waals surface area contributed by atoms with Crippen LogP contribution in [0.1, 0.15) is 26.7 Å². The van der Waals surface area contributed by atoms with Gasteiger partial charge in [-0.1, -0.05) is 13.8 Å². The Balaban J connectivity index is 2.67. The number of aliphatic hydroxyl groups is 1. The predicted molar refractivity (Wildman–Crippen MR) is 68.1 cm³/mol. The number of anilines is 1. The van der Waals surface area contributed by atoms with Gasteiger partial charge in [-0.15, -0.1) is 0 Å². The van der Waals surface area contributed by atoms with E-state index in [0.717, 1.165) is 5.69 Å². The Bertz CT molecular complexity index is 353. The zero-order chi connectivity index (χ0) is 12.2. The molecule has 0 aliphatic carbocycles. The first-order valence-corrected chi connectivity index (χ1v) is 6.21. The fraction of sp³-hybridized carbons (Fsp3) is 0.500. The van der Waals surface area contributed by atoms with Gasteiger partial charge in [-0.25, -0.2) is 4.39 Å². The smallest absolute Gasteiger partial charge is 0.124 e. The van der Waals surface area contributed by atoms with Crippen LogP contribution in [-0.2, 0) is 0 Å². The van der Waals surface area contributed by atoms with Crippen LogP contribution in [0.4, 0.5) is 10.1 Å². The summed E-state index contributed by atoms with van der Waals surface area (Å²) in [5, 5.41) is 13.2. The van der Waals surface area contributed by atoms with Crippen molar-refractivity contribution in [1.82, 2.24) is 0 Å². The first kappa shape index (κ1) is 13.5. The Labute approximate surface area is 104 Å². The predicted octanol–water partition coefficient (Wildman–Crippen LogP) is 3.55. The van der Waals surface area contributed by atoms with Crippen molar-refractivity contribution in [1.29, 1.82) is 0 Å². The minimum absolute atomic E-state index is 0.279. The summed E-state index contributed by atoms with van der Waals surface area (Å²) in [6.07, 6.45) is 1.38. The molecule has 0 aliphatic heterocycles. The van der Waals surface area contributed by atoms with Gasteiger partial charge in [0.1, 0.15) is 5.82 Å². The molecule has 1 aromatic carbocycles. The highest BCUT2D eigenvalue weighted by atomic mass is 79.9. The van der Waals surface area contributed by atoms with Gasteiger partial charge in [0.2, 0.25) is 0 Å². The lowest BCUT2D eigenvalue weighted by atomic mass is 9.97. The molecular formula is C12H17BrFNO. The lowest BCUT2D eigenvalue weighted by Gasteiger charge is -2.26. The largest absolute Gasteiger partial charge is 0.388 e. The van der Waals surface area contributed by atoms with Crippen LogP contribution in [0, 0.1) is 5.82 Å². The van der Waals surface area contributed by atoms with Crippen molar-refractivity contribution in [3.63, 3.8) is 0 Å². The van der Waals surface area contributed by atoms with Gasteiger partial charge in [0.25, 0.3) is 0 Å². The van der Waals surface area contributed by atoms with Crippen LogP contribution in [-0.4, -0.2) is 17.3 Å². The number of benzene rings is 1. The van der Waals surface area contributed by atoms with Gasteiger partial charge in [-0.2, -0.15) is 0 Å². The van der Waals surface area contributed by atoms with Crippen LogP contribution in [0.15, 0.2) is 22.7 Å². The number of hydrogen-bond acceptors (Lipinski definition) is 2. The summed E-state index contributed by atoms with van der Waals surface area (Å²) in [6, 6.07) is 4.45. The minimum Gasteiger partial charge on any atom is -0.388 e. The second-order valence-electron chi connectivity index (χ2n) is 3.91. The molecule has 0 bridgehead atoms. The fourth-order valence-corrected chi connectivity index (χ4v) is 1.88. The van der Waals surface area contributed by atoms with Crippen LogP contribution < -0.4 is 5.32 Å². The highest BCUT2D eigenvalue weighted by Gasteiger charge is 2.21. The third-order valence-corrected chi connectivity index (χ3v) is 3.51. The average Bonchev–Trinajstić information content (AvgIpc) is 2.27. The molecule has 0 unspecified atom stereocenters. The van der Waals surface area contributed by atoms with Gasteiger partial charge >= 0.3 is 0 Å². The van der Waals surface area contributed by atoms with Gasteiger partial charge in [-0.05, 0) is 47.0 Å². The number of halogens is 2. The van der Waals surface area contributed by atoms with E-state index < -0.39 is 5.60 Å². The van der Waals surface area contributed by atoms with E-state index in [1.54, 1.807) is 6.07 Å². The molecule has 0 atom stereocenters. The number of nitrogens with one attached hydrogen (secondary N) is 1. The molecule has 0 saturated carbocycles. The van der Waals surface area contributed by atoms with Crippen molar-refractivity contribution < 1.29 is 9.50 Å². The van der Waals surface area contributed by atoms with Crippen molar-refractivity contribution in [3.05, 3.63) is 28.5 Å². The Kier molecular flexibility index (Phi) is 4.74.